The van der Waals surface area contributed by atoms with Crippen molar-refractivity contribution in [1.82, 2.24) is 9.62 Å². The number of hydrogen-bond donors (Lipinski definition) is 2. The van der Waals surface area contributed by atoms with Crippen LogP contribution in [0.25, 0.3) is 0 Å². The minimum Gasteiger partial charge on any atom is -0.389 e. The highest BCUT2D eigenvalue weighted by Crippen LogP contribution is 2.07. The molecule has 0 aliphatic rings. The molecule has 0 rings (SSSR count). The highest BCUT2D eigenvalue weighted by molar-refractivity contribution is 7.89. The molecule has 0 aromatic heterocycles. The molecule has 0 aliphatic heterocycles. The van der Waals surface area contributed by atoms with Crippen LogP contribution >= 0.6 is 0 Å². The third kappa shape index (κ3) is 5.54. The first-order chi connectivity index (χ1) is 6.19. The van der Waals surface area contributed by atoms with E-state index in [0.717, 1.165) is 0 Å². The van der Waals surface area contributed by atoms with E-state index in [0.29, 0.717) is 6.54 Å². The van der Waals surface area contributed by atoms with Gasteiger partial charge in [-0.15, -0.1) is 0 Å². The summed E-state index contributed by atoms with van der Waals surface area (Å²) in [5.74, 6) is 0.0517. The first-order valence-corrected chi connectivity index (χ1v) is 6.11. The van der Waals surface area contributed by atoms with Crippen molar-refractivity contribution < 1.29 is 13.5 Å². The molecular weight excluding hydrogens is 204 g/mol. The van der Waals surface area contributed by atoms with Crippen molar-refractivity contribution in [3.05, 3.63) is 0 Å². The van der Waals surface area contributed by atoms with E-state index in [1.165, 1.54) is 11.4 Å². The van der Waals surface area contributed by atoms with Crippen LogP contribution in [-0.4, -0.2) is 56.4 Å². The molecule has 0 atom stereocenters. The lowest BCUT2D eigenvalue weighted by Crippen LogP contribution is -2.41. The Morgan fingerprint density at radius 1 is 1.43 bits per heavy atom. The van der Waals surface area contributed by atoms with Gasteiger partial charge in [0.15, 0.2) is 0 Å². The molecule has 0 bridgehead atoms. The van der Waals surface area contributed by atoms with E-state index in [1.54, 1.807) is 20.9 Å². The Hall–Kier alpha value is -0.170. The lowest BCUT2D eigenvalue weighted by atomic mass is 10.1. The normalized spacial score (nSPS) is 13.6. The Kier molecular flexibility index (Phi) is 5.00. The molecule has 5 nitrogen and oxygen atoms in total. The van der Waals surface area contributed by atoms with Gasteiger partial charge in [-0.05, 0) is 20.9 Å². The van der Waals surface area contributed by atoms with Gasteiger partial charge < -0.3 is 10.4 Å². The maximum absolute atomic E-state index is 11.5. The zero-order valence-electron chi connectivity index (χ0n) is 9.24. The molecule has 0 saturated carbocycles. The van der Waals surface area contributed by atoms with E-state index >= 15 is 0 Å². The van der Waals surface area contributed by atoms with Crippen molar-refractivity contribution >= 4 is 10.0 Å². The summed E-state index contributed by atoms with van der Waals surface area (Å²) in [6.45, 7) is 3.69. The zero-order chi connectivity index (χ0) is 11.4. The van der Waals surface area contributed by atoms with Crippen LogP contribution in [0.1, 0.15) is 13.8 Å². The maximum atomic E-state index is 11.5. The van der Waals surface area contributed by atoms with Crippen molar-refractivity contribution in [2.24, 2.45) is 0 Å². The molecule has 2 N–H and O–H groups in total. The molecule has 0 heterocycles. The number of aliphatic hydroxyl groups is 1. The number of likely N-dealkylation sites (N-methyl/N-ethyl adjacent to an activating group) is 1. The summed E-state index contributed by atoms with van der Waals surface area (Å²) < 4.78 is 24.3. The van der Waals surface area contributed by atoms with Crippen LogP contribution in [0.15, 0.2) is 0 Å². The summed E-state index contributed by atoms with van der Waals surface area (Å²) in [5, 5.41) is 12.2. The van der Waals surface area contributed by atoms with Crippen molar-refractivity contribution in [3.63, 3.8) is 0 Å². The van der Waals surface area contributed by atoms with Gasteiger partial charge in [0.1, 0.15) is 0 Å². The second-order valence-corrected chi connectivity index (χ2v) is 6.18. The van der Waals surface area contributed by atoms with Gasteiger partial charge in [-0.25, -0.2) is 12.7 Å². The van der Waals surface area contributed by atoms with Gasteiger partial charge in [-0.2, -0.15) is 0 Å². The number of nitrogens with one attached hydrogen (secondary N) is 1. The van der Waals surface area contributed by atoms with E-state index in [2.05, 4.69) is 5.32 Å². The van der Waals surface area contributed by atoms with Crippen LogP contribution in [0.5, 0.6) is 0 Å². The molecule has 0 fully saturated rings. The lowest BCUT2D eigenvalue weighted by Gasteiger charge is -2.24. The lowest BCUT2D eigenvalue weighted by molar-refractivity contribution is 0.0640. The molecule has 0 radical (unpaired) electrons. The average molecular weight is 224 g/mol. The number of sulfonamides is 1. The monoisotopic (exact) mass is 224 g/mol. The van der Waals surface area contributed by atoms with E-state index in [4.69, 9.17) is 0 Å². The standard InChI is InChI=1S/C8H20N2O3S/c1-8(2,11)7-10(4)14(12,13)6-5-9-3/h9,11H,5-7H2,1-4H3. The Morgan fingerprint density at radius 3 is 2.29 bits per heavy atom. The summed E-state index contributed by atoms with van der Waals surface area (Å²) in [6, 6.07) is 0. The van der Waals surface area contributed by atoms with E-state index in [9.17, 15) is 13.5 Å². The van der Waals surface area contributed by atoms with Crippen LogP contribution in [0.3, 0.4) is 0 Å². The summed E-state index contributed by atoms with van der Waals surface area (Å²) in [5.41, 5.74) is -0.999. The topological polar surface area (TPSA) is 69.6 Å². The molecule has 0 saturated heterocycles. The van der Waals surface area contributed by atoms with Gasteiger partial charge in [0.05, 0.1) is 11.4 Å². The van der Waals surface area contributed by atoms with Crippen LogP contribution < -0.4 is 5.32 Å². The molecule has 14 heavy (non-hydrogen) atoms. The minimum atomic E-state index is -3.24. The van der Waals surface area contributed by atoms with Crippen LogP contribution in [0.2, 0.25) is 0 Å². The Morgan fingerprint density at radius 2 is 1.93 bits per heavy atom. The fourth-order valence-corrected chi connectivity index (χ4v) is 2.32. The predicted octanol–water partition coefficient (Wildman–Crippen LogP) is -0.762. The first kappa shape index (κ1) is 13.8. The van der Waals surface area contributed by atoms with Gasteiger partial charge in [0, 0.05) is 20.1 Å². The summed E-state index contributed by atoms with van der Waals surface area (Å²) >= 11 is 0. The van der Waals surface area contributed by atoms with E-state index in [-0.39, 0.29) is 12.3 Å². The number of rotatable bonds is 6. The number of nitrogens with zero attached hydrogens (tertiary/aromatic N) is 1. The summed E-state index contributed by atoms with van der Waals surface area (Å²) in [4.78, 5) is 0. The average Bonchev–Trinajstić information content (AvgIpc) is 1.97. The van der Waals surface area contributed by atoms with Crippen molar-refractivity contribution in [2.45, 2.75) is 19.4 Å². The highest BCUT2D eigenvalue weighted by Gasteiger charge is 2.23. The van der Waals surface area contributed by atoms with Gasteiger partial charge in [-0.1, -0.05) is 0 Å². The van der Waals surface area contributed by atoms with Crippen molar-refractivity contribution in [2.75, 3.05) is 32.9 Å². The fourth-order valence-electron chi connectivity index (χ4n) is 1.03. The molecule has 6 heteroatoms. The van der Waals surface area contributed by atoms with Crippen LogP contribution in [-0.2, 0) is 10.0 Å². The van der Waals surface area contributed by atoms with Gasteiger partial charge >= 0.3 is 0 Å². The molecule has 0 spiro atoms. The van der Waals surface area contributed by atoms with Gasteiger partial charge in [0.2, 0.25) is 10.0 Å². The first-order valence-electron chi connectivity index (χ1n) is 4.50. The third-order valence-electron chi connectivity index (χ3n) is 1.69. The summed E-state index contributed by atoms with van der Waals surface area (Å²) in [6.07, 6.45) is 0. The minimum absolute atomic E-state index is 0.0517. The third-order valence-corrected chi connectivity index (χ3v) is 3.49. The highest BCUT2D eigenvalue weighted by atomic mass is 32.2. The fraction of sp³-hybridized carbons (Fsp3) is 1.00. The van der Waals surface area contributed by atoms with Crippen LogP contribution in [0.4, 0.5) is 0 Å². The Balaban J connectivity index is 4.30. The molecule has 0 aromatic rings. The van der Waals surface area contributed by atoms with Crippen LogP contribution in [0, 0.1) is 0 Å². The van der Waals surface area contributed by atoms with Gasteiger partial charge in [0.25, 0.3) is 0 Å². The Bertz CT molecular complexity index is 256. The van der Waals surface area contributed by atoms with E-state index in [1.807, 2.05) is 0 Å². The Labute approximate surface area is 86.2 Å². The molecule has 86 valence electrons. The van der Waals surface area contributed by atoms with E-state index < -0.39 is 15.6 Å². The summed E-state index contributed by atoms with van der Waals surface area (Å²) in [7, 11) is -0.0697. The van der Waals surface area contributed by atoms with Gasteiger partial charge in [-0.3, -0.25) is 0 Å². The second-order valence-electron chi connectivity index (χ2n) is 3.99. The van der Waals surface area contributed by atoms with Crippen molar-refractivity contribution in [3.8, 4) is 0 Å². The zero-order valence-corrected chi connectivity index (χ0v) is 10.1. The SMILES string of the molecule is CNCCS(=O)(=O)N(C)CC(C)(C)O. The largest absolute Gasteiger partial charge is 0.389 e. The quantitative estimate of drug-likeness (QED) is 0.622. The van der Waals surface area contributed by atoms with Crippen molar-refractivity contribution in [1.29, 1.82) is 0 Å². The second kappa shape index (κ2) is 5.06. The molecule has 0 aromatic carbocycles. The maximum Gasteiger partial charge on any atom is 0.215 e. The smallest absolute Gasteiger partial charge is 0.215 e. The number of hydrogen-bond acceptors (Lipinski definition) is 4. The molecule has 0 amide bonds. The molecule has 0 aliphatic carbocycles. The molecular formula is C8H20N2O3S. The molecule has 0 unspecified atom stereocenters. The predicted molar refractivity (Wildman–Crippen MR) is 56.6 cm³/mol.